The maximum atomic E-state index is 12.2. The van der Waals surface area contributed by atoms with Crippen molar-refractivity contribution in [3.8, 4) is 0 Å². The molecule has 0 spiro atoms. The van der Waals surface area contributed by atoms with Gasteiger partial charge in [-0.05, 0) is 60.0 Å². The van der Waals surface area contributed by atoms with Gasteiger partial charge in [-0.15, -0.1) is 0 Å². The Morgan fingerprint density at radius 1 is 0.897 bits per heavy atom. The van der Waals surface area contributed by atoms with Crippen molar-refractivity contribution in [2.75, 3.05) is 23.7 Å². The molecule has 3 aromatic carbocycles. The predicted octanol–water partition coefficient (Wildman–Crippen LogP) is 4.07. The van der Waals surface area contributed by atoms with Crippen LogP contribution in [0.25, 0.3) is 10.8 Å². The summed E-state index contributed by atoms with van der Waals surface area (Å²) in [6.07, 6.45) is 2.13. The third-order valence-corrected chi connectivity index (χ3v) is 5.71. The molecule has 0 bridgehead atoms. The van der Waals surface area contributed by atoms with E-state index in [0.717, 1.165) is 29.5 Å². The number of aryl methyl sites for hydroxylation is 2. The van der Waals surface area contributed by atoms with Crippen LogP contribution < -0.4 is 16.0 Å². The van der Waals surface area contributed by atoms with Gasteiger partial charge in [-0.1, -0.05) is 41.9 Å². The van der Waals surface area contributed by atoms with Crippen LogP contribution in [-0.2, 0) is 22.4 Å². The van der Waals surface area contributed by atoms with Crippen LogP contribution in [0.5, 0.6) is 0 Å². The van der Waals surface area contributed by atoms with Gasteiger partial charge in [-0.2, -0.15) is 0 Å². The SMILES string of the molecule is Cc1c(Cl)cccc1NC(=O)CNC(=O)CNc1ccc2c3c(cccc13)CC2. The monoisotopic (exact) mass is 407 g/mol. The molecule has 5 nitrogen and oxygen atoms in total. The maximum absolute atomic E-state index is 12.2. The molecule has 0 aliphatic heterocycles. The zero-order valence-electron chi connectivity index (χ0n) is 16.1. The number of carbonyl (C=O) groups excluding carboxylic acids is 2. The smallest absolute Gasteiger partial charge is 0.243 e. The molecular weight excluding hydrogens is 386 g/mol. The highest BCUT2D eigenvalue weighted by molar-refractivity contribution is 6.31. The van der Waals surface area contributed by atoms with E-state index in [0.29, 0.717) is 10.7 Å². The number of benzene rings is 3. The van der Waals surface area contributed by atoms with Gasteiger partial charge in [0, 0.05) is 21.8 Å². The molecule has 0 radical (unpaired) electrons. The van der Waals surface area contributed by atoms with E-state index in [1.54, 1.807) is 18.2 Å². The Morgan fingerprint density at radius 2 is 1.66 bits per heavy atom. The third kappa shape index (κ3) is 4.05. The molecule has 0 atom stereocenters. The van der Waals surface area contributed by atoms with E-state index < -0.39 is 0 Å². The summed E-state index contributed by atoms with van der Waals surface area (Å²) in [6.45, 7) is 1.83. The second-order valence-electron chi connectivity index (χ2n) is 7.20. The first-order chi connectivity index (χ1) is 14.0. The fourth-order valence-corrected chi connectivity index (χ4v) is 3.93. The molecule has 3 N–H and O–H groups in total. The minimum Gasteiger partial charge on any atom is -0.376 e. The van der Waals surface area contributed by atoms with Crippen LogP contribution in [-0.4, -0.2) is 24.9 Å². The van der Waals surface area contributed by atoms with Gasteiger partial charge in [0.25, 0.3) is 0 Å². The average Bonchev–Trinajstić information content (AvgIpc) is 3.14. The average molecular weight is 408 g/mol. The standard InChI is InChI=1S/C23H22ClN3O2/c1-14-18(24)6-3-7-19(14)27-22(29)13-26-21(28)12-25-20-11-10-16-9-8-15-4-2-5-17(20)23(15)16/h2-7,10-11,25H,8-9,12-13H2,1H3,(H,26,28)(H,27,29). The van der Waals surface area contributed by atoms with Crippen molar-refractivity contribution >= 4 is 45.6 Å². The van der Waals surface area contributed by atoms with Crippen LogP contribution in [0.4, 0.5) is 11.4 Å². The Hall–Kier alpha value is -3.05. The Bertz CT molecular complexity index is 1100. The van der Waals surface area contributed by atoms with Crippen LogP contribution in [0, 0.1) is 6.92 Å². The van der Waals surface area contributed by atoms with Crippen LogP contribution in [0.15, 0.2) is 48.5 Å². The molecule has 0 aromatic heterocycles. The molecule has 1 aliphatic carbocycles. The quantitative estimate of drug-likeness (QED) is 0.577. The summed E-state index contributed by atoms with van der Waals surface area (Å²) in [7, 11) is 0. The molecule has 0 heterocycles. The number of hydrogen-bond acceptors (Lipinski definition) is 3. The van der Waals surface area contributed by atoms with E-state index in [1.165, 1.54) is 16.5 Å². The molecule has 0 unspecified atom stereocenters. The molecule has 148 valence electrons. The predicted molar refractivity (Wildman–Crippen MR) is 118 cm³/mol. The number of anilines is 2. The van der Waals surface area contributed by atoms with E-state index in [1.807, 2.05) is 13.0 Å². The highest BCUT2D eigenvalue weighted by Crippen LogP contribution is 2.34. The third-order valence-electron chi connectivity index (χ3n) is 5.30. The fraction of sp³-hybridized carbons (Fsp3) is 0.217. The van der Waals surface area contributed by atoms with Crippen LogP contribution in [0.1, 0.15) is 16.7 Å². The van der Waals surface area contributed by atoms with Crippen molar-refractivity contribution in [2.24, 2.45) is 0 Å². The summed E-state index contributed by atoms with van der Waals surface area (Å²) in [5.41, 5.74) is 5.09. The van der Waals surface area contributed by atoms with Crippen molar-refractivity contribution in [1.82, 2.24) is 5.32 Å². The number of nitrogens with one attached hydrogen (secondary N) is 3. The van der Waals surface area contributed by atoms with E-state index in [9.17, 15) is 9.59 Å². The minimum absolute atomic E-state index is 0.0994. The second kappa shape index (κ2) is 8.13. The molecule has 29 heavy (non-hydrogen) atoms. The maximum Gasteiger partial charge on any atom is 0.243 e. The number of rotatable bonds is 6. The number of amides is 2. The lowest BCUT2D eigenvalue weighted by atomic mass is 10.0. The molecule has 0 fully saturated rings. The summed E-state index contributed by atoms with van der Waals surface area (Å²) >= 11 is 6.06. The van der Waals surface area contributed by atoms with Crippen LogP contribution >= 0.6 is 11.6 Å². The normalized spacial score (nSPS) is 12.1. The molecular formula is C23H22ClN3O2. The Morgan fingerprint density at radius 3 is 2.48 bits per heavy atom. The lowest BCUT2D eigenvalue weighted by Gasteiger charge is -2.12. The lowest BCUT2D eigenvalue weighted by molar-refractivity contribution is -0.122. The van der Waals surface area contributed by atoms with Gasteiger partial charge >= 0.3 is 0 Å². The van der Waals surface area contributed by atoms with Gasteiger partial charge in [0.15, 0.2) is 0 Å². The second-order valence-corrected chi connectivity index (χ2v) is 7.61. The van der Waals surface area contributed by atoms with Gasteiger partial charge in [0.2, 0.25) is 11.8 Å². The summed E-state index contributed by atoms with van der Waals surface area (Å²) in [5, 5.41) is 11.6. The van der Waals surface area contributed by atoms with Crippen molar-refractivity contribution in [3.05, 3.63) is 70.2 Å². The molecule has 3 aromatic rings. The van der Waals surface area contributed by atoms with Crippen LogP contribution in [0.2, 0.25) is 5.02 Å². The van der Waals surface area contributed by atoms with Crippen molar-refractivity contribution in [1.29, 1.82) is 0 Å². The van der Waals surface area contributed by atoms with E-state index in [2.05, 4.69) is 40.2 Å². The van der Waals surface area contributed by atoms with Gasteiger partial charge in [0.05, 0.1) is 13.1 Å². The lowest BCUT2D eigenvalue weighted by Crippen LogP contribution is -2.36. The number of hydrogen-bond donors (Lipinski definition) is 3. The van der Waals surface area contributed by atoms with Gasteiger partial charge < -0.3 is 16.0 Å². The van der Waals surface area contributed by atoms with Crippen molar-refractivity contribution < 1.29 is 9.59 Å². The molecule has 6 heteroatoms. The summed E-state index contributed by atoms with van der Waals surface area (Å²) in [4.78, 5) is 24.3. The van der Waals surface area contributed by atoms with Crippen molar-refractivity contribution in [2.45, 2.75) is 19.8 Å². The topological polar surface area (TPSA) is 70.2 Å². The highest BCUT2D eigenvalue weighted by atomic mass is 35.5. The molecule has 4 rings (SSSR count). The van der Waals surface area contributed by atoms with Crippen LogP contribution in [0.3, 0.4) is 0 Å². The van der Waals surface area contributed by atoms with E-state index in [-0.39, 0.29) is 24.9 Å². The zero-order valence-corrected chi connectivity index (χ0v) is 16.9. The summed E-state index contributed by atoms with van der Waals surface area (Å²) < 4.78 is 0. The summed E-state index contributed by atoms with van der Waals surface area (Å²) in [6, 6.07) is 15.8. The number of carbonyl (C=O) groups is 2. The molecule has 2 amide bonds. The zero-order chi connectivity index (χ0) is 20.4. The number of halogens is 1. The van der Waals surface area contributed by atoms with E-state index >= 15 is 0 Å². The first-order valence-electron chi connectivity index (χ1n) is 9.62. The largest absolute Gasteiger partial charge is 0.376 e. The van der Waals surface area contributed by atoms with Crippen molar-refractivity contribution in [3.63, 3.8) is 0 Å². The Kier molecular flexibility index (Phi) is 5.41. The molecule has 1 aliphatic rings. The molecule has 0 saturated heterocycles. The Balaban J connectivity index is 1.32. The van der Waals surface area contributed by atoms with Gasteiger partial charge in [-0.25, -0.2) is 0 Å². The van der Waals surface area contributed by atoms with E-state index in [4.69, 9.17) is 11.6 Å². The molecule has 0 saturated carbocycles. The summed E-state index contributed by atoms with van der Waals surface area (Å²) in [5.74, 6) is -0.541. The Labute approximate surface area is 174 Å². The first kappa shape index (κ1) is 19.3. The highest BCUT2D eigenvalue weighted by Gasteiger charge is 2.16. The van der Waals surface area contributed by atoms with Gasteiger partial charge in [-0.3, -0.25) is 9.59 Å². The first-order valence-corrected chi connectivity index (χ1v) is 10.00. The fourth-order valence-electron chi connectivity index (χ4n) is 3.76. The van der Waals surface area contributed by atoms with Gasteiger partial charge in [0.1, 0.15) is 0 Å². The minimum atomic E-state index is -0.297.